The number of rotatable bonds is 7. The fourth-order valence-corrected chi connectivity index (χ4v) is 3.64. The van der Waals surface area contributed by atoms with Crippen LogP contribution in [0.4, 0.5) is 19.7 Å². The zero-order valence-electron chi connectivity index (χ0n) is 20.8. The zero-order valence-corrected chi connectivity index (χ0v) is 20.8. The summed E-state index contributed by atoms with van der Waals surface area (Å²) < 4.78 is 25.7. The molecular weight excluding hydrogens is 453 g/mol. The lowest BCUT2D eigenvalue weighted by Gasteiger charge is -2.26. The molecule has 0 unspecified atom stereocenters. The Kier molecular flexibility index (Phi) is 7.99. The van der Waals surface area contributed by atoms with Gasteiger partial charge in [0, 0.05) is 25.6 Å². The third kappa shape index (κ3) is 6.94. The molecule has 1 aliphatic heterocycles. The number of cyclic esters (lactones) is 1. The highest BCUT2D eigenvalue weighted by atomic mass is 19.1. The van der Waals surface area contributed by atoms with E-state index in [1.54, 1.807) is 29.2 Å². The van der Waals surface area contributed by atoms with Crippen LogP contribution < -0.4 is 10.2 Å². The maximum Gasteiger partial charge on any atom is 0.414 e. The van der Waals surface area contributed by atoms with E-state index in [0.717, 1.165) is 5.56 Å². The van der Waals surface area contributed by atoms with Crippen molar-refractivity contribution in [3.05, 3.63) is 53.8 Å². The highest BCUT2D eigenvalue weighted by molar-refractivity contribution is 5.90. The van der Waals surface area contributed by atoms with Crippen molar-refractivity contribution < 1.29 is 28.2 Å². The average Bonchev–Trinajstić information content (AvgIpc) is 3.15. The first-order valence-corrected chi connectivity index (χ1v) is 11.6. The highest BCUT2D eigenvalue weighted by Gasteiger charge is 2.32. The standard InChI is InChI=1S/C26H32FN3O5/c1-6-29(24(32)35-26(3,4)5)15-18-7-9-19(10-8-18)22-12-11-20(13-23(22)27)30-16-21(34-25(30)33)14-28-17(2)31/h7-13,21H,6,14-16H2,1-5H3,(H,28,31)/t21-/m0/s1. The number of anilines is 1. The van der Waals surface area contributed by atoms with Crippen molar-refractivity contribution in [1.82, 2.24) is 10.2 Å². The van der Waals surface area contributed by atoms with Crippen LogP contribution in [0.25, 0.3) is 11.1 Å². The summed E-state index contributed by atoms with van der Waals surface area (Å²) in [6.45, 7) is 10.0. The Morgan fingerprint density at radius 3 is 2.46 bits per heavy atom. The Hall–Kier alpha value is -3.62. The van der Waals surface area contributed by atoms with E-state index in [0.29, 0.717) is 29.9 Å². The van der Waals surface area contributed by atoms with Gasteiger partial charge in [-0.1, -0.05) is 24.3 Å². The fraction of sp³-hybridized carbons (Fsp3) is 0.423. The van der Waals surface area contributed by atoms with Gasteiger partial charge in [-0.3, -0.25) is 9.69 Å². The van der Waals surface area contributed by atoms with E-state index in [-0.39, 0.29) is 25.1 Å². The van der Waals surface area contributed by atoms with E-state index in [2.05, 4.69) is 5.32 Å². The predicted molar refractivity (Wildman–Crippen MR) is 130 cm³/mol. The molecule has 0 radical (unpaired) electrons. The van der Waals surface area contributed by atoms with Crippen LogP contribution in [0.3, 0.4) is 0 Å². The molecule has 1 heterocycles. The number of hydrogen-bond acceptors (Lipinski definition) is 5. The van der Waals surface area contributed by atoms with Crippen molar-refractivity contribution in [2.45, 2.75) is 52.9 Å². The van der Waals surface area contributed by atoms with Crippen LogP contribution in [0.5, 0.6) is 0 Å². The number of hydrogen-bond donors (Lipinski definition) is 1. The minimum Gasteiger partial charge on any atom is -0.444 e. The molecule has 1 aliphatic rings. The summed E-state index contributed by atoms with van der Waals surface area (Å²) in [5.41, 5.74) is 1.77. The molecule has 188 valence electrons. The van der Waals surface area contributed by atoms with E-state index < -0.39 is 23.6 Å². The van der Waals surface area contributed by atoms with Gasteiger partial charge in [-0.15, -0.1) is 0 Å². The van der Waals surface area contributed by atoms with Gasteiger partial charge in [0.25, 0.3) is 0 Å². The zero-order chi connectivity index (χ0) is 25.8. The molecule has 0 spiro atoms. The molecule has 3 amide bonds. The van der Waals surface area contributed by atoms with E-state index >= 15 is 0 Å². The van der Waals surface area contributed by atoms with Gasteiger partial charge in [-0.2, -0.15) is 0 Å². The number of amides is 3. The molecular formula is C26H32FN3O5. The van der Waals surface area contributed by atoms with Crippen molar-refractivity contribution in [1.29, 1.82) is 0 Å². The lowest BCUT2D eigenvalue weighted by Crippen LogP contribution is -2.36. The summed E-state index contributed by atoms with van der Waals surface area (Å²) in [7, 11) is 0. The maximum absolute atomic E-state index is 15.0. The second-order valence-electron chi connectivity index (χ2n) is 9.41. The van der Waals surface area contributed by atoms with Crippen molar-refractivity contribution in [3.8, 4) is 11.1 Å². The van der Waals surface area contributed by atoms with Crippen LogP contribution in [0.2, 0.25) is 0 Å². The Bertz CT molecular complexity index is 1080. The molecule has 2 aromatic rings. The summed E-state index contributed by atoms with van der Waals surface area (Å²) >= 11 is 0. The normalized spacial score (nSPS) is 15.5. The summed E-state index contributed by atoms with van der Waals surface area (Å²) in [5.74, 6) is -0.689. The molecule has 0 aromatic heterocycles. The Morgan fingerprint density at radius 1 is 1.20 bits per heavy atom. The molecule has 0 aliphatic carbocycles. The average molecular weight is 486 g/mol. The monoisotopic (exact) mass is 485 g/mol. The minimum absolute atomic E-state index is 0.202. The predicted octanol–water partition coefficient (Wildman–Crippen LogP) is 4.71. The van der Waals surface area contributed by atoms with Crippen molar-refractivity contribution in [2.75, 3.05) is 24.5 Å². The topological polar surface area (TPSA) is 88.2 Å². The molecule has 0 saturated carbocycles. The van der Waals surface area contributed by atoms with Crippen molar-refractivity contribution in [3.63, 3.8) is 0 Å². The van der Waals surface area contributed by atoms with E-state index in [4.69, 9.17) is 9.47 Å². The van der Waals surface area contributed by atoms with Crippen LogP contribution in [0.15, 0.2) is 42.5 Å². The molecule has 35 heavy (non-hydrogen) atoms. The van der Waals surface area contributed by atoms with Crippen LogP contribution in [0.1, 0.15) is 40.2 Å². The number of benzene rings is 2. The minimum atomic E-state index is -0.581. The van der Waals surface area contributed by atoms with Crippen molar-refractivity contribution >= 4 is 23.8 Å². The Balaban J connectivity index is 1.68. The van der Waals surface area contributed by atoms with Crippen LogP contribution in [-0.2, 0) is 20.8 Å². The van der Waals surface area contributed by atoms with E-state index in [1.807, 2.05) is 39.8 Å². The van der Waals surface area contributed by atoms with Gasteiger partial charge in [-0.05, 0) is 57.0 Å². The second-order valence-corrected chi connectivity index (χ2v) is 9.41. The number of nitrogens with one attached hydrogen (secondary N) is 1. The lowest BCUT2D eigenvalue weighted by molar-refractivity contribution is -0.119. The third-order valence-electron chi connectivity index (χ3n) is 5.39. The number of carbonyl (C=O) groups is 3. The molecule has 2 aromatic carbocycles. The summed E-state index contributed by atoms with van der Waals surface area (Å²) in [5, 5.41) is 2.61. The molecule has 3 rings (SSSR count). The molecule has 1 atom stereocenters. The smallest absolute Gasteiger partial charge is 0.414 e. The van der Waals surface area contributed by atoms with E-state index in [9.17, 15) is 18.8 Å². The van der Waals surface area contributed by atoms with Gasteiger partial charge >= 0.3 is 12.2 Å². The SMILES string of the molecule is CCN(Cc1ccc(-c2ccc(N3C[C@H](CNC(C)=O)OC3=O)cc2F)cc1)C(=O)OC(C)(C)C. The second kappa shape index (κ2) is 10.8. The summed E-state index contributed by atoms with van der Waals surface area (Å²) in [6.07, 6.45) is -1.46. The maximum atomic E-state index is 15.0. The molecule has 9 heteroatoms. The quantitative estimate of drug-likeness (QED) is 0.614. The summed E-state index contributed by atoms with van der Waals surface area (Å²) in [6, 6.07) is 11.9. The molecule has 8 nitrogen and oxygen atoms in total. The van der Waals surface area contributed by atoms with Crippen LogP contribution >= 0.6 is 0 Å². The number of nitrogens with zero attached hydrogens (tertiary/aromatic N) is 2. The van der Waals surface area contributed by atoms with Gasteiger partial charge in [-0.25, -0.2) is 14.0 Å². The number of ether oxygens (including phenoxy) is 2. The van der Waals surface area contributed by atoms with Gasteiger partial charge in [0.2, 0.25) is 5.91 Å². The van der Waals surface area contributed by atoms with Gasteiger partial charge in [0.05, 0.1) is 18.8 Å². The van der Waals surface area contributed by atoms with Crippen molar-refractivity contribution in [2.24, 2.45) is 0 Å². The Labute approximate surface area is 205 Å². The molecule has 1 saturated heterocycles. The largest absolute Gasteiger partial charge is 0.444 e. The Morgan fingerprint density at radius 2 is 1.89 bits per heavy atom. The highest BCUT2D eigenvalue weighted by Crippen LogP contribution is 2.29. The summed E-state index contributed by atoms with van der Waals surface area (Å²) in [4.78, 5) is 38.6. The lowest BCUT2D eigenvalue weighted by atomic mass is 10.0. The van der Waals surface area contributed by atoms with E-state index in [1.165, 1.54) is 17.9 Å². The first-order valence-electron chi connectivity index (χ1n) is 11.6. The van der Waals surface area contributed by atoms with Gasteiger partial charge in [0.1, 0.15) is 17.5 Å². The number of halogens is 1. The van der Waals surface area contributed by atoms with Gasteiger partial charge < -0.3 is 19.7 Å². The van der Waals surface area contributed by atoms with Gasteiger partial charge in [0.15, 0.2) is 0 Å². The first kappa shape index (κ1) is 26.0. The third-order valence-corrected chi connectivity index (χ3v) is 5.39. The van der Waals surface area contributed by atoms with Crippen LogP contribution in [0, 0.1) is 5.82 Å². The first-order chi connectivity index (χ1) is 16.5. The molecule has 1 N–H and O–H groups in total. The van der Waals surface area contributed by atoms with Crippen LogP contribution in [-0.4, -0.2) is 54.3 Å². The molecule has 0 bridgehead atoms. The fourth-order valence-electron chi connectivity index (χ4n) is 3.64. The number of carbonyl (C=O) groups excluding carboxylic acids is 3. The molecule has 1 fully saturated rings.